The van der Waals surface area contributed by atoms with Gasteiger partial charge in [0.1, 0.15) is 11.0 Å². The maximum Gasteiger partial charge on any atom is 0.276 e. The van der Waals surface area contributed by atoms with Gasteiger partial charge in [0.25, 0.3) is 5.69 Å². The minimum atomic E-state index is -0.493. The van der Waals surface area contributed by atoms with Gasteiger partial charge in [0.15, 0.2) is 0 Å². The van der Waals surface area contributed by atoms with Gasteiger partial charge >= 0.3 is 0 Å². The minimum absolute atomic E-state index is 0.0664. The summed E-state index contributed by atoms with van der Waals surface area (Å²) in [5, 5.41) is 10.8. The molecule has 0 spiro atoms. The molecule has 0 fully saturated rings. The van der Waals surface area contributed by atoms with E-state index in [1.54, 1.807) is 11.9 Å². The molecule has 1 aromatic rings. The van der Waals surface area contributed by atoms with Gasteiger partial charge in [-0.3, -0.25) is 10.1 Å². The number of aromatic nitrogens is 1. The van der Waals surface area contributed by atoms with Crippen LogP contribution in [0.1, 0.15) is 6.92 Å². The largest absolute Gasteiger partial charge is 0.380 e. The molecule has 0 atom stereocenters. The first kappa shape index (κ1) is 13.7. The van der Waals surface area contributed by atoms with Crippen LogP contribution in [0.25, 0.3) is 0 Å². The average Bonchev–Trinajstić information content (AvgIpc) is 2.28. The third kappa shape index (κ3) is 4.16. The number of pyridine rings is 1. The molecular weight excluding hydrogens is 246 g/mol. The number of nitrogens with zero attached hydrogens (tertiary/aromatic N) is 3. The topological polar surface area (TPSA) is 68.5 Å². The first-order valence-corrected chi connectivity index (χ1v) is 5.53. The third-order valence-corrected chi connectivity index (χ3v) is 2.34. The van der Waals surface area contributed by atoms with E-state index in [0.29, 0.717) is 25.6 Å². The lowest BCUT2D eigenvalue weighted by Gasteiger charge is -2.17. The summed E-state index contributed by atoms with van der Waals surface area (Å²) in [5.41, 5.74) is -0.0664. The van der Waals surface area contributed by atoms with Crippen molar-refractivity contribution in [3.05, 3.63) is 27.4 Å². The van der Waals surface area contributed by atoms with Gasteiger partial charge in [-0.15, -0.1) is 0 Å². The number of anilines is 1. The van der Waals surface area contributed by atoms with E-state index >= 15 is 0 Å². The zero-order valence-corrected chi connectivity index (χ0v) is 10.5. The van der Waals surface area contributed by atoms with Crippen molar-refractivity contribution in [2.24, 2.45) is 0 Å². The van der Waals surface area contributed by atoms with Gasteiger partial charge < -0.3 is 9.64 Å². The fourth-order valence-corrected chi connectivity index (χ4v) is 1.43. The summed E-state index contributed by atoms with van der Waals surface area (Å²) in [5.74, 6) is 0.462. The van der Waals surface area contributed by atoms with Gasteiger partial charge in [-0.05, 0) is 6.92 Å². The van der Waals surface area contributed by atoms with Gasteiger partial charge in [0.2, 0.25) is 0 Å². The summed E-state index contributed by atoms with van der Waals surface area (Å²) < 4.78 is 5.20. The van der Waals surface area contributed by atoms with Crippen LogP contribution in [0.2, 0.25) is 5.15 Å². The summed E-state index contributed by atoms with van der Waals surface area (Å²) >= 11 is 5.73. The molecule has 0 N–H and O–H groups in total. The Kier molecular flexibility index (Phi) is 5.11. The van der Waals surface area contributed by atoms with Crippen LogP contribution in [0.5, 0.6) is 0 Å². The van der Waals surface area contributed by atoms with Crippen LogP contribution in [0, 0.1) is 10.1 Å². The highest BCUT2D eigenvalue weighted by molar-refractivity contribution is 6.29. The number of likely N-dealkylation sites (N-methyl/N-ethyl adjacent to an activating group) is 1. The molecule has 0 saturated carbocycles. The molecule has 0 aliphatic heterocycles. The van der Waals surface area contributed by atoms with Crippen LogP contribution in [-0.2, 0) is 4.74 Å². The maximum atomic E-state index is 10.7. The number of hydrogen-bond donors (Lipinski definition) is 0. The molecule has 7 heteroatoms. The van der Waals surface area contributed by atoms with Gasteiger partial charge in [0.05, 0.1) is 23.7 Å². The second-order valence-electron chi connectivity index (χ2n) is 3.38. The Labute approximate surface area is 104 Å². The van der Waals surface area contributed by atoms with Crippen LogP contribution in [0.3, 0.4) is 0 Å². The van der Waals surface area contributed by atoms with E-state index in [-0.39, 0.29) is 10.8 Å². The Hall–Kier alpha value is -1.40. The SMILES string of the molecule is CCOCCN(C)c1cc([N+](=O)[O-])cc(Cl)n1. The van der Waals surface area contributed by atoms with Crippen molar-refractivity contribution in [1.82, 2.24) is 4.98 Å². The normalized spacial score (nSPS) is 10.3. The summed E-state index contributed by atoms with van der Waals surface area (Å²) in [6.45, 7) is 3.67. The van der Waals surface area contributed by atoms with Crippen molar-refractivity contribution >= 4 is 23.1 Å². The smallest absolute Gasteiger partial charge is 0.276 e. The Morgan fingerprint density at radius 3 is 2.88 bits per heavy atom. The summed E-state index contributed by atoms with van der Waals surface area (Å²) in [4.78, 5) is 16.0. The number of halogens is 1. The van der Waals surface area contributed by atoms with Crippen molar-refractivity contribution in [2.45, 2.75) is 6.92 Å². The molecule has 6 nitrogen and oxygen atoms in total. The van der Waals surface area contributed by atoms with Crippen molar-refractivity contribution in [1.29, 1.82) is 0 Å². The zero-order chi connectivity index (χ0) is 12.8. The highest BCUT2D eigenvalue weighted by atomic mass is 35.5. The number of rotatable bonds is 6. The maximum absolute atomic E-state index is 10.7. The zero-order valence-electron chi connectivity index (χ0n) is 9.72. The molecule has 0 bridgehead atoms. The summed E-state index contributed by atoms with van der Waals surface area (Å²) in [7, 11) is 1.78. The fraction of sp³-hybridized carbons (Fsp3) is 0.500. The first-order valence-electron chi connectivity index (χ1n) is 5.15. The van der Waals surface area contributed by atoms with Crippen LogP contribution in [0.15, 0.2) is 12.1 Å². The number of hydrogen-bond acceptors (Lipinski definition) is 5. The molecule has 94 valence electrons. The summed E-state index contributed by atoms with van der Waals surface area (Å²) in [6.07, 6.45) is 0. The van der Waals surface area contributed by atoms with E-state index in [9.17, 15) is 10.1 Å². The molecule has 0 unspecified atom stereocenters. The highest BCUT2D eigenvalue weighted by Gasteiger charge is 2.12. The van der Waals surface area contributed by atoms with Gasteiger partial charge in [-0.1, -0.05) is 11.6 Å². The Morgan fingerprint density at radius 2 is 2.29 bits per heavy atom. The quantitative estimate of drug-likeness (QED) is 0.339. The van der Waals surface area contributed by atoms with Crippen molar-refractivity contribution in [3.63, 3.8) is 0 Å². The lowest BCUT2D eigenvalue weighted by Crippen LogP contribution is -2.23. The van der Waals surface area contributed by atoms with E-state index in [2.05, 4.69) is 4.98 Å². The Bertz CT molecular complexity index is 400. The molecule has 1 heterocycles. The second-order valence-corrected chi connectivity index (χ2v) is 3.77. The van der Waals surface area contributed by atoms with E-state index in [4.69, 9.17) is 16.3 Å². The number of ether oxygens (including phenoxy) is 1. The molecular formula is C10H14ClN3O3. The second kappa shape index (κ2) is 6.36. The van der Waals surface area contributed by atoms with Gasteiger partial charge in [-0.2, -0.15) is 0 Å². The van der Waals surface area contributed by atoms with Crippen LogP contribution < -0.4 is 4.90 Å². The third-order valence-electron chi connectivity index (χ3n) is 2.14. The van der Waals surface area contributed by atoms with Crippen LogP contribution in [-0.4, -0.2) is 36.7 Å². The summed E-state index contributed by atoms with van der Waals surface area (Å²) in [6, 6.07) is 2.61. The predicted molar refractivity (Wildman–Crippen MR) is 65.7 cm³/mol. The molecule has 0 saturated heterocycles. The molecule has 0 radical (unpaired) electrons. The van der Waals surface area contributed by atoms with Gasteiger partial charge in [-0.25, -0.2) is 4.98 Å². The Balaban J connectivity index is 2.78. The molecule has 1 rings (SSSR count). The molecule has 1 aromatic heterocycles. The van der Waals surface area contributed by atoms with Crippen molar-refractivity contribution in [2.75, 3.05) is 31.7 Å². The van der Waals surface area contributed by atoms with Gasteiger partial charge in [0, 0.05) is 20.2 Å². The standard InChI is InChI=1S/C10H14ClN3O3/c1-3-17-5-4-13(2)10-7-8(14(15)16)6-9(11)12-10/h6-7H,3-5H2,1-2H3. The van der Waals surface area contributed by atoms with Crippen molar-refractivity contribution in [3.8, 4) is 0 Å². The molecule has 17 heavy (non-hydrogen) atoms. The monoisotopic (exact) mass is 259 g/mol. The predicted octanol–water partition coefficient (Wildman–Crippen LogP) is 2.12. The average molecular weight is 260 g/mol. The van der Waals surface area contributed by atoms with Crippen LogP contribution >= 0.6 is 11.6 Å². The number of nitro groups is 1. The van der Waals surface area contributed by atoms with Crippen molar-refractivity contribution < 1.29 is 9.66 Å². The van der Waals surface area contributed by atoms with Crippen LogP contribution in [0.4, 0.5) is 11.5 Å². The van der Waals surface area contributed by atoms with E-state index in [1.165, 1.54) is 12.1 Å². The highest BCUT2D eigenvalue weighted by Crippen LogP contribution is 2.22. The first-order chi connectivity index (χ1) is 8.04. The van der Waals surface area contributed by atoms with E-state index < -0.39 is 4.92 Å². The minimum Gasteiger partial charge on any atom is -0.380 e. The molecule has 0 aliphatic rings. The molecule has 0 amide bonds. The fourth-order valence-electron chi connectivity index (χ4n) is 1.23. The molecule has 0 aromatic carbocycles. The molecule has 0 aliphatic carbocycles. The lowest BCUT2D eigenvalue weighted by atomic mass is 10.4. The van der Waals surface area contributed by atoms with E-state index in [0.717, 1.165) is 0 Å². The van der Waals surface area contributed by atoms with E-state index in [1.807, 2.05) is 6.92 Å². The Morgan fingerprint density at radius 1 is 1.59 bits per heavy atom. The lowest BCUT2D eigenvalue weighted by molar-refractivity contribution is -0.384.